The van der Waals surface area contributed by atoms with Crippen LogP contribution >= 0.6 is 0 Å². The molecule has 0 aromatic rings. The van der Waals surface area contributed by atoms with Gasteiger partial charge in [0.05, 0.1) is 25.4 Å². The van der Waals surface area contributed by atoms with Crippen LogP contribution in [0.1, 0.15) is 361 Å². The molecule has 1 fully saturated rings. The molecule has 0 spiro atoms. The summed E-state index contributed by atoms with van der Waals surface area (Å²) in [5.41, 5.74) is 0. The maximum absolute atomic E-state index is 13.2. The topological polar surface area (TPSA) is 149 Å². The summed E-state index contributed by atoms with van der Waals surface area (Å²) in [5, 5.41) is 54.9. The van der Waals surface area contributed by atoms with Crippen molar-refractivity contribution in [2.24, 2.45) is 0 Å². The molecule has 548 valence electrons. The lowest BCUT2D eigenvalue weighted by Gasteiger charge is -2.40. The van der Waals surface area contributed by atoms with Gasteiger partial charge >= 0.3 is 0 Å². The van der Waals surface area contributed by atoms with E-state index in [0.29, 0.717) is 6.42 Å². The Hall–Kier alpha value is -3.41. The fraction of sp³-hybridized carbons (Fsp3) is 0.756. The summed E-state index contributed by atoms with van der Waals surface area (Å²) in [4.78, 5) is 13.2. The van der Waals surface area contributed by atoms with Crippen LogP contribution in [0.2, 0.25) is 0 Å². The fourth-order valence-corrected chi connectivity index (χ4v) is 12.3. The Kier molecular flexibility index (Phi) is 69.1. The number of hydrogen-bond acceptors (Lipinski definition) is 8. The molecular formula is C86H151NO8. The first-order valence-electron chi connectivity index (χ1n) is 40.3. The third kappa shape index (κ3) is 61.4. The van der Waals surface area contributed by atoms with Crippen molar-refractivity contribution >= 4 is 5.91 Å². The van der Waals surface area contributed by atoms with Gasteiger partial charge in [-0.15, -0.1) is 0 Å². The summed E-state index contributed by atoms with van der Waals surface area (Å²) >= 11 is 0. The minimum Gasteiger partial charge on any atom is -0.394 e. The summed E-state index contributed by atoms with van der Waals surface area (Å²) in [7, 11) is 0. The number of ether oxygens (including phenoxy) is 2. The van der Waals surface area contributed by atoms with Gasteiger partial charge in [-0.25, -0.2) is 0 Å². The molecule has 0 aromatic carbocycles. The van der Waals surface area contributed by atoms with E-state index in [0.717, 1.165) is 89.9 Å². The number of aliphatic hydroxyl groups is 5. The second-order valence-corrected chi connectivity index (χ2v) is 27.5. The molecule has 1 rings (SSSR count). The Morgan fingerprint density at radius 1 is 0.368 bits per heavy atom. The molecule has 0 bridgehead atoms. The number of carbonyl (C=O) groups is 1. The van der Waals surface area contributed by atoms with E-state index in [4.69, 9.17) is 9.47 Å². The van der Waals surface area contributed by atoms with Crippen molar-refractivity contribution in [2.45, 2.75) is 403 Å². The predicted molar refractivity (Wildman–Crippen MR) is 410 cm³/mol. The molecular weight excluding hydrogens is 1170 g/mol. The van der Waals surface area contributed by atoms with Crippen molar-refractivity contribution in [3.63, 3.8) is 0 Å². The monoisotopic (exact) mass is 1330 g/mol. The molecule has 95 heavy (non-hydrogen) atoms. The molecule has 0 aliphatic carbocycles. The molecule has 6 N–H and O–H groups in total. The first kappa shape index (κ1) is 89.6. The molecule has 1 heterocycles. The van der Waals surface area contributed by atoms with Crippen molar-refractivity contribution in [1.82, 2.24) is 5.32 Å². The third-order valence-electron chi connectivity index (χ3n) is 18.5. The normalized spacial score (nSPS) is 18.2. The molecule has 9 heteroatoms. The van der Waals surface area contributed by atoms with E-state index in [2.05, 4.69) is 129 Å². The second kappa shape index (κ2) is 73.3. The maximum atomic E-state index is 13.2. The quantitative estimate of drug-likeness (QED) is 0.0261. The van der Waals surface area contributed by atoms with E-state index < -0.39 is 49.5 Å². The van der Waals surface area contributed by atoms with Crippen LogP contribution < -0.4 is 5.32 Å². The van der Waals surface area contributed by atoms with Gasteiger partial charge in [0.1, 0.15) is 24.4 Å². The first-order chi connectivity index (χ1) is 46.8. The highest BCUT2D eigenvalue weighted by atomic mass is 16.7. The summed E-state index contributed by atoms with van der Waals surface area (Å²) in [6.07, 6.45) is 103. The lowest BCUT2D eigenvalue weighted by Crippen LogP contribution is -2.60. The van der Waals surface area contributed by atoms with E-state index in [1.54, 1.807) is 6.08 Å². The van der Waals surface area contributed by atoms with Gasteiger partial charge in [0.2, 0.25) is 5.91 Å². The minimum absolute atomic E-state index is 0.189. The van der Waals surface area contributed by atoms with Crippen LogP contribution in [-0.4, -0.2) is 87.5 Å². The highest BCUT2D eigenvalue weighted by Gasteiger charge is 2.44. The molecule has 0 aromatic heterocycles. The summed E-state index contributed by atoms with van der Waals surface area (Å²) in [6.45, 7) is 3.68. The average Bonchev–Trinajstić information content (AvgIpc) is 0.836. The molecule has 7 unspecified atom stereocenters. The van der Waals surface area contributed by atoms with Crippen molar-refractivity contribution in [3.8, 4) is 0 Å². The Balaban J connectivity index is 2.11. The van der Waals surface area contributed by atoms with Crippen LogP contribution in [0.3, 0.4) is 0 Å². The molecule has 1 saturated heterocycles. The summed E-state index contributed by atoms with van der Waals surface area (Å²) in [5.74, 6) is -0.189. The molecule has 1 aliphatic rings. The van der Waals surface area contributed by atoms with E-state index in [1.807, 2.05) is 6.08 Å². The number of aliphatic hydroxyl groups excluding tert-OH is 5. The summed E-state index contributed by atoms with van der Waals surface area (Å²) in [6, 6.07) is -0.837. The van der Waals surface area contributed by atoms with Crippen LogP contribution in [0.15, 0.2) is 122 Å². The van der Waals surface area contributed by atoms with E-state index in [9.17, 15) is 30.3 Å². The second-order valence-electron chi connectivity index (χ2n) is 27.5. The van der Waals surface area contributed by atoms with Gasteiger partial charge in [0.25, 0.3) is 0 Å². The smallest absolute Gasteiger partial charge is 0.220 e. The molecule has 1 aliphatic heterocycles. The SMILES string of the molecule is CC/C=C\C/C=C\C/C=C\C/C=C\C/C=C\C/C=C\C/C=C\CCCCCCCCCCCCCCCCCCCC(=O)NC(COC1OC(CO)C(O)C(O)C1O)C(O)/C=C/CC/C=C/CC/C=C/CCCCCCCCCCCCCCCCCCCCCCCCC. The Morgan fingerprint density at radius 3 is 1.01 bits per heavy atom. The van der Waals surface area contributed by atoms with Gasteiger partial charge in [-0.1, -0.05) is 373 Å². The van der Waals surface area contributed by atoms with Crippen LogP contribution in [0, 0.1) is 0 Å². The van der Waals surface area contributed by atoms with Gasteiger partial charge < -0.3 is 40.3 Å². The van der Waals surface area contributed by atoms with Crippen molar-refractivity contribution in [2.75, 3.05) is 13.2 Å². The van der Waals surface area contributed by atoms with Crippen LogP contribution in [0.5, 0.6) is 0 Å². The highest BCUT2D eigenvalue weighted by molar-refractivity contribution is 5.76. The minimum atomic E-state index is -1.58. The van der Waals surface area contributed by atoms with Gasteiger partial charge in [0.15, 0.2) is 6.29 Å². The lowest BCUT2D eigenvalue weighted by atomic mass is 9.99. The lowest BCUT2D eigenvalue weighted by molar-refractivity contribution is -0.302. The zero-order chi connectivity index (χ0) is 68.5. The number of rotatable bonds is 70. The van der Waals surface area contributed by atoms with Crippen LogP contribution in [0.4, 0.5) is 0 Å². The van der Waals surface area contributed by atoms with E-state index in [1.165, 1.54) is 250 Å². The maximum Gasteiger partial charge on any atom is 0.220 e. The number of carbonyl (C=O) groups excluding carboxylic acids is 1. The Bertz CT molecular complexity index is 1930. The zero-order valence-electron chi connectivity index (χ0n) is 61.6. The predicted octanol–water partition coefficient (Wildman–Crippen LogP) is 23.3. The number of amides is 1. The molecule has 0 radical (unpaired) electrons. The van der Waals surface area contributed by atoms with Gasteiger partial charge in [-0.3, -0.25) is 4.79 Å². The third-order valence-corrected chi connectivity index (χ3v) is 18.5. The Morgan fingerprint density at radius 2 is 0.663 bits per heavy atom. The van der Waals surface area contributed by atoms with Crippen molar-refractivity contribution in [1.29, 1.82) is 0 Å². The largest absolute Gasteiger partial charge is 0.394 e. The van der Waals surface area contributed by atoms with Gasteiger partial charge in [-0.2, -0.15) is 0 Å². The first-order valence-corrected chi connectivity index (χ1v) is 40.3. The van der Waals surface area contributed by atoms with Gasteiger partial charge in [-0.05, 0) is 103 Å². The highest BCUT2D eigenvalue weighted by Crippen LogP contribution is 2.23. The molecule has 0 saturated carbocycles. The molecule has 9 nitrogen and oxygen atoms in total. The number of hydrogen-bond donors (Lipinski definition) is 6. The van der Waals surface area contributed by atoms with Crippen molar-refractivity contribution in [3.05, 3.63) is 122 Å². The van der Waals surface area contributed by atoms with E-state index >= 15 is 0 Å². The standard InChI is InChI=1S/C86H151NO8/c1-3-5-7-9-11-13-15-17-19-21-23-25-27-29-31-33-35-37-38-39-40-41-42-44-46-48-50-52-54-56-58-60-62-64-66-68-70-72-74-76-82(90)87-79(78-94-86-85(93)84(92)83(91)81(77-88)95-86)80(89)75-73-71-69-67-65-63-61-59-57-55-53-51-49-47-45-43-36-34-32-30-28-26-24-22-20-18-16-14-12-10-8-6-4-2/h5,7,11,13,17,19,23,25,29,31,35,37,39-40,57,59,65,67,73,75,79-81,83-86,88-89,91-93H,3-4,6,8-10,12,14-16,18,20-22,24,26-28,30,32-34,36,38,41-56,58,60-64,66,68-72,74,76-78H2,1-2H3,(H,87,90)/b7-5-,13-11-,19-17-,25-23-,31-29-,37-35-,40-39-,59-57+,67-65+,75-73+. The molecule has 7 atom stereocenters. The van der Waals surface area contributed by atoms with Crippen molar-refractivity contribution < 1.29 is 39.8 Å². The van der Waals surface area contributed by atoms with E-state index in [-0.39, 0.29) is 12.5 Å². The van der Waals surface area contributed by atoms with Crippen LogP contribution in [0.25, 0.3) is 0 Å². The zero-order valence-corrected chi connectivity index (χ0v) is 61.6. The Labute approximate surface area is 586 Å². The fourth-order valence-electron chi connectivity index (χ4n) is 12.3. The average molecular weight is 1330 g/mol. The number of allylic oxidation sites excluding steroid dienone is 19. The number of unbranched alkanes of at least 4 members (excludes halogenated alkanes) is 42. The molecule has 1 amide bonds. The summed E-state index contributed by atoms with van der Waals surface area (Å²) < 4.78 is 11.3. The number of nitrogens with one attached hydrogen (secondary N) is 1. The van der Waals surface area contributed by atoms with Crippen LogP contribution in [-0.2, 0) is 14.3 Å². The van der Waals surface area contributed by atoms with Gasteiger partial charge in [0, 0.05) is 6.42 Å².